The van der Waals surface area contributed by atoms with Gasteiger partial charge in [-0.15, -0.1) is 0 Å². The van der Waals surface area contributed by atoms with Crippen molar-refractivity contribution in [1.29, 1.82) is 0 Å². The smallest absolute Gasteiger partial charge is 0.0522 e. The molecular weight excluding hydrogens is 641 g/mol. The lowest BCUT2D eigenvalue weighted by Gasteiger charge is -2.34. The van der Waals surface area contributed by atoms with Crippen molar-refractivity contribution in [2.24, 2.45) is 5.92 Å². The summed E-state index contributed by atoms with van der Waals surface area (Å²) in [6, 6.07) is 25.9. The van der Waals surface area contributed by atoms with Crippen molar-refractivity contribution in [3.63, 3.8) is 0 Å². The number of anilines is 3. The van der Waals surface area contributed by atoms with Gasteiger partial charge in [-0.3, -0.25) is 0 Å². The molecule has 8 rings (SSSR count). The number of benzene rings is 3. The molecular formula is C51H56N2. The molecule has 0 saturated carbocycles. The van der Waals surface area contributed by atoms with Crippen molar-refractivity contribution in [1.82, 2.24) is 0 Å². The number of fused-ring (bicyclic) bond motifs is 5. The van der Waals surface area contributed by atoms with Crippen LogP contribution in [0.4, 0.5) is 17.1 Å². The molecule has 3 aromatic carbocycles. The average Bonchev–Trinajstić information content (AvgIpc) is 3.59. The summed E-state index contributed by atoms with van der Waals surface area (Å²) < 4.78 is 0. The van der Waals surface area contributed by atoms with E-state index in [4.69, 9.17) is 0 Å². The number of rotatable bonds is 8. The standard InChI is InChI=1S/C51H56N2/c1-7-36-20-11-9-12-21-37(8-2)53(38-22-13-10-14-23-38)49(36)28-19-33-52(39-29-31-43-41-24-15-17-26-45(41)50(3,4)47(43)34-39)40-30-32-44-42-25-16-18-27-46(42)51(5,6)48(44)35-40/h9-17,19,21-26,28-32,34-35,37,41,45H,7-8,18,20,27,33H2,1-6H3/b11-9-,21-12-,28-19-,49-36-. The van der Waals surface area contributed by atoms with Gasteiger partial charge in [0.05, 0.1) is 6.04 Å². The Hall–Kier alpha value is -4.82. The van der Waals surface area contributed by atoms with Gasteiger partial charge in [-0.2, -0.15) is 0 Å². The summed E-state index contributed by atoms with van der Waals surface area (Å²) in [4.78, 5) is 5.14. The predicted molar refractivity (Wildman–Crippen MR) is 228 cm³/mol. The van der Waals surface area contributed by atoms with Crippen LogP contribution >= 0.6 is 0 Å². The molecule has 3 unspecified atom stereocenters. The van der Waals surface area contributed by atoms with Crippen LogP contribution in [-0.4, -0.2) is 12.6 Å². The van der Waals surface area contributed by atoms with E-state index in [1.54, 1.807) is 5.57 Å². The fourth-order valence-corrected chi connectivity index (χ4v) is 9.93. The lowest BCUT2D eigenvalue weighted by Crippen LogP contribution is -2.33. The maximum absolute atomic E-state index is 2.57. The fourth-order valence-electron chi connectivity index (χ4n) is 9.93. The van der Waals surface area contributed by atoms with Crippen LogP contribution in [0.5, 0.6) is 0 Å². The number of allylic oxidation sites excluding steroid dienone is 13. The van der Waals surface area contributed by atoms with Gasteiger partial charge in [0.1, 0.15) is 0 Å². The zero-order valence-electron chi connectivity index (χ0n) is 32.6. The molecule has 0 bridgehead atoms. The summed E-state index contributed by atoms with van der Waals surface area (Å²) in [5, 5.41) is 0. The Morgan fingerprint density at radius 1 is 0.811 bits per heavy atom. The van der Waals surface area contributed by atoms with Gasteiger partial charge in [-0.25, -0.2) is 0 Å². The first-order chi connectivity index (χ1) is 25.7. The van der Waals surface area contributed by atoms with Crippen LogP contribution in [0.25, 0.3) is 5.57 Å². The van der Waals surface area contributed by atoms with E-state index in [2.05, 4.69) is 191 Å². The summed E-state index contributed by atoms with van der Waals surface area (Å²) in [5.41, 5.74) is 15.5. The van der Waals surface area contributed by atoms with Gasteiger partial charge in [0.25, 0.3) is 0 Å². The van der Waals surface area contributed by atoms with Crippen LogP contribution in [0.2, 0.25) is 0 Å². The summed E-state index contributed by atoms with van der Waals surface area (Å²) in [6.07, 6.45) is 33.3. The van der Waals surface area contributed by atoms with E-state index in [1.165, 1.54) is 56.2 Å². The average molecular weight is 697 g/mol. The summed E-state index contributed by atoms with van der Waals surface area (Å²) >= 11 is 0. The first-order valence-electron chi connectivity index (χ1n) is 20.1. The largest absolute Gasteiger partial charge is 0.338 e. The summed E-state index contributed by atoms with van der Waals surface area (Å²) in [5.74, 6) is 0.929. The Bertz CT molecular complexity index is 2130. The number of hydrogen-bond acceptors (Lipinski definition) is 2. The third-order valence-electron chi connectivity index (χ3n) is 12.9. The Labute approximate surface area is 319 Å². The lowest BCUT2D eigenvalue weighted by molar-refractivity contribution is 0.394. The molecule has 0 radical (unpaired) electrons. The first-order valence-corrected chi connectivity index (χ1v) is 20.1. The number of para-hydroxylation sites is 1. The van der Waals surface area contributed by atoms with Gasteiger partial charge in [0.2, 0.25) is 0 Å². The SMILES string of the molecule is CC/C1=C(\C=C/CN(c2ccc3c(c2)C(C)(C)C2=C3C=CCC2)c2ccc3c(c2)C(C)(C)C2C=CC=CC32)N(c2ccccc2)C(CC)/C=C\C=C/C1. The second kappa shape index (κ2) is 14.2. The molecule has 0 aromatic heterocycles. The van der Waals surface area contributed by atoms with Crippen molar-refractivity contribution < 1.29 is 0 Å². The number of hydrogen-bond donors (Lipinski definition) is 0. The molecule has 3 atom stereocenters. The van der Waals surface area contributed by atoms with Crippen LogP contribution in [0.3, 0.4) is 0 Å². The van der Waals surface area contributed by atoms with Crippen molar-refractivity contribution in [2.75, 3.05) is 16.3 Å². The first kappa shape index (κ1) is 35.2. The van der Waals surface area contributed by atoms with E-state index >= 15 is 0 Å². The van der Waals surface area contributed by atoms with Crippen molar-refractivity contribution >= 4 is 22.6 Å². The molecule has 0 spiro atoms. The molecule has 0 fully saturated rings. The molecule has 2 heteroatoms. The summed E-state index contributed by atoms with van der Waals surface area (Å²) in [7, 11) is 0. The van der Waals surface area contributed by atoms with Crippen LogP contribution in [0.1, 0.15) is 102 Å². The number of nitrogens with zero attached hydrogens (tertiary/aromatic N) is 2. The molecule has 270 valence electrons. The molecule has 1 aliphatic heterocycles. The highest BCUT2D eigenvalue weighted by atomic mass is 15.2. The maximum atomic E-state index is 2.57. The quantitative estimate of drug-likeness (QED) is 0.231. The Balaban J connectivity index is 1.23. The van der Waals surface area contributed by atoms with Crippen LogP contribution < -0.4 is 9.80 Å². The molecule has 0 N–H and O–H groups in total. The van der Waals surface area contributed by atoms with Crippen LogP contribution in [0.15, 0.2) is 156 Å². The van der Waals surface area contributed by atoms with Crippen molar-refractivity contribution in [2.45, 2.75) is 96.4 Å². The minimum atomic E-state index is 0.0197. The lowest BCUT2D eigenvalue weighted by atomic mass is 9.74. The molecule has 4 aliphatic carbocycles. The van der Waals surface area contributed by atoms with Gasteiger partial charge < -0.3 is 9.80 Å². The van der Waals surface area contributed by atoms with Gasteiger partial charge in [0.15, 0.2) is 0 Å². The van der Waals surface area contributed by atoms with E-state index in [1.807, 2.05) is 0 Å². The molecule has 5 aliphatic rings. The van der Waals surface area contributed by atoms with Gasteiger partial charge in [0, 0.05) is 40.6 Å². The highest BCUT2D eigenvalue weighted by Crippen LogP contribution is 2.54. The molecule has 0 amide bonds. The molecule has 1 heterocycles. The second-order valence-corrected chi connectivity index (χ2v) is 16.6. The minimum absolute atomic E-state index is 0.0197. The monoisotopic (exact) mass is 696 g/mol. The second-order valence-electron chi connectivity index (χ2n) is 16.6. The van der Waals surface area contributed by atoms with Gasteiger partial charge >= 0.3 is 0 Å². The molecule has 2 nitrogen and oxygen atoms in total. The van der Waals surface area contributed by atoms with Crippen molar-refractivity contribution in [3.8, 4) is 0 Å². The molecule has 3 aromatic rings. The van der Waals surface area contributed by atoms with E-state index < -0.39 is 0 Å². The Morgan fingerprint density at radius 3 is 2.36 bits per heavy atom. The predicted octanol–water partition coefficient (Wildman–Crippen LogP) is 13.4. The zero-order valence-corrected chi connectivity index (χ0v) is 32.6. The minimum Gasteiger partial charge on any atom is -0.338 e. The van der Waals surface area contributed by atoms with E-state index in [9.17, 15) is 0 Å². The van der Waals surface area contributed by atoms with Gasteiger partial charge in [-0.05, 0) is 119 Å². The third-order valence-corrected chi connectivity index (χ3v) is 12.9. The Morgan fingerprint density at radius 2 is 1.57 bits per heavy atom. The topological polar surface area (TPSA) is 6.48 Å². The maximum Gasteiger partial charge on any atom is 0.0522 e. The van der Waals surface area contributed by atoms with Crippen LogP contribution in [0, 0.1) is 5.92 Å². The molecule has 53 heavy (non-hydrogen) atoms. The van der Waals surface area contributed by atoms with Crippen LogP contribution in [-0.2, 0) is 10.8 Å². The van der Waals surface area contributed by atoms with E-state index in [-0.39, 0.29) is 16.9 Å². The van der Waals surface area contributed by atoms with E-state index in [0.717, 1.165) is 38.6 Å². The Kier molecular flexibility index (Phi) is 9.44. The molecule has 0 saturated heterocycles. The van der Waals surface area contributed by atoms with Gasteiger partial charge in [-0.1, -0.05) is 144 Å². The fraction of sp³-hybridized carbons (Fsp3) is 0.333. The normalized spacial score (nSPS) is 26.1. The highest BCUT2D eigenvalue weighted by molar-refractivity contribution is 5.88. The third kappa shape index (κ3) is 6.15. The highest BCUT2D eigenvalue weighted by Gasteiger charge is 2.45. The zero-order chi connectivity index (χ0) is 36.7. The van der Waals surface area contributed by atoms with Crippen molar-refractivity contribution in [3.05, 3.63) is 179 Å². The summed E-state index contributed by atoms with van der Waals surface area (Å²) in [6.45, 7) is 15.1. The van der Waals surface area contributed by atoms with E-state index in [0.29, 0.717) is 11.8 Å².